The molecular formula is C23H51NO4Si3. The molecule has 0 aliphatic rings. The molecule has 0 spiro atoms. The van der Waals surface area contributed by atoms with Crippen LogP contribution in [0.15, 0.2) is 0 Å². The van der Waals surface area contributed by atoms with Gasteiger partial charge in [0, 0.05) is 6.42 Å². The van der Waals surface area contributed by atoms with Crippen LogP contribution >= 0.6 is 0 Å². The maximum atomic E-state index is 13.3. The molecule has 0 rings (SSSR count). The van der Waals surface area contributed by atoms with E-state index in [0.29, 0.717) is 6.42 Å². The Balaban J connectivity index is 5.57. The Kier molecular flexibility index (Phi) is 9.67. The molecule has 1 unspecified atom stereocenters. The van der Waals surface area contributed by atoms with Gasteiger partial charge in [0.25, 0.3) is 22.6 Å². The van der Waals surface area contributed by atoms with Gasteiger partial charge >= 0.3 is 5.97 Å². The summed E-state index contributed by atoms with van der Waals surface area (Å²) in [5, 5.41) is -0.0433. The zero-order valence-electron chi connectivity index (χ0n) is 23.1. The number of carbonyl (C=O) groups is 2. The fourth-order valence-electron chi connectivity index (χ4n) is 2.13. The predicted molar refractivity (Wildman–Crippen MR) is 140 cm³/mol. The molecule has 5 nitrogen and oxygen atoms in total. The van der Waals surface area contributed by atoms with Gasteiger partial charge < -0.3 is 13.8 Å². The maximum Gasteiger partial charge on any atom is 0.309 e. The molecular weight excluding hydrogens is 439 g/mol. The summed E-state index contributed by atoms with van der Waals surface area (Å²) < 4.78 is 12.1. The molecule has 184 valence electrons. The van der Waals surface area contributed by atoms with Crippen molar-refractivity contribution in [3.05, 3.63) is 0 Å². The molecule has 0 aliphatic heterocycles. The smallest absolute Gasteiger partial charge is 0.309 e. The van der Waals surface area contributed by atoms with E-state index in [1.165, 1.54) is 0 Å². The average Bonchev–Trinajstić information content (AvgIpc) is 2.46. The summed E-state index contributed by atoms with van der Waals surface area (Å²) >= 11 is 0. The highest BCUT2D eigenvalue weighted by Crippen LogP contribution is 2.39. The highest BCUT2D eigenvalue weighted by atomic mass is 28.4. The third-order valence-corrected chi connectivity index (χ3v) is 21.2. The van der Waals surface area contributed by atoms with Gasteiger partial charge in [0.05, 0.1) is 6.04 Å². The Bertz CT molecular complexity index is 639. The SMILES string of the molecule is CC(C)(C)[Si](C)(C)NC(CCC(=O)O[Si](C)(C)C(C)(C)C)C(=O)O[Si](C)(C)C(C)(C)C. The molecule has 1 atom stereocenters. The molecule has 0 aromatic heterocycles. The second kappa shape index (κ2) is 9.81. The highest BCUT2D eigenvalue weighted by molar-refractivity contribution is 6.78. The van der Waals surface area contributed by atoms with E-state index in [-0.39, 0.29) is 33.5 Å². The summed E-state index contributed by atoms with van der Waals surface area (Å²) in [6.45, 7) is 32.1. The summed E-state index contributed by atoms with van der Waals surface area (Å²) in [4.78, 5) is 29.6. The fourth-order valence-corrected chi connectivity index (χ4v) is 5.62. The average molecular weight is 490 g/mol. The summed E-state index contributed by atoms with van der Waals surface area (Å²) in [7, 11) is -6.41. The normalized spacial score (nSPS) is 15.5. The van der Waals surface area contributed by atoms with E-state index in [0.717, 1.165) is 0 Å². The van der Waals surface area contributed by atoms with Crippen molar-refractivity contribution in [3.63, 3.8) is 0 Å². The Morgan fingerprint density at radius 1 is 0.710 bits per heavy atom. The van der Waals surface area contributed by atoms with Crippen LogP contribution in [0.5, 0.6) is 0 Å². The molecule has 0 aliphatic carbocycles. The lowest BCUT2D eigenvalue weighted by molar-refractivity contribution is -0.138. The van der Waals surface area contributed by atoms with Crippen molar-refractivity contribution in [3.8, 4) is 0 Å². The van der Waals surface area contributed by atoms with E-state index < -0.39 is 30.9 Å². The van der Waals surface area contributed by atoms with Gasteiger partial charge in [-0.3, -0.25) is 9.59 Å². The van der Waals surface area contributed by atoms with Crippen LogP contribution in [-0.2, 0) is 18.4 Å². The van der Waals surface area contributed by atoms with Crippen LogP contribution in [0.3, 0.4) is 0 Å². The van der Waals surface area contributed by atoms with Gasteiger partial charge in [-0.05, 0) is 47.7 Å². The lowest BCUT2D eigenvalue weighted by Crippen LogP contribution is -2.60. The highest BCUT2D eigenvalue weighted by Gasteiger charge is 2.45. The second-order valence-electron chi connectivity index (χ2n) is 13.5. The molecule has 0 saturated carbocycles. The van der Waals surface area contributed by atoms with Gasteiger partial charge in [0.15, 0.2) is 0 Å². The van der Waals surface area contributed by atoms with E-state index in [2.05, 4.69) is 107 Å². The molecule has 0 saturated heterocycles. The van der Waals surface area contributed by atoms with Gasteiger partial charge in [-0.1, -0.05) is 75.4 Å². The van der Waals surface area contributed by atoms with E-state index in [9.17, 15) is 9.59 Å². The standard InChI is InChI=1S/C23H51NO4Si3/c1-21(2,3)29(10,11)24-18(20(26)28-31(14,15)23(7,8)9)16-17-19(25)27-30(12,13)22(4,5)6/h18,24H,16-17H2,1-15H3. The molecule has 8 heteroatoms. The van der Waals surface area contributed by atoms with Gasteiger partial charge in [-0.25, -0.2) is 0 Å². The topological polar surface area (TPSA) is 64.6 Å². The van der Waals surface area contributed by atoms with Crippen LogP contribution in [0.4, 0.5) is 0 Å². The summed E-state index contributed by atoms with van der Waals surface area (Å²) in [5.74, 6) is -0.440. The predicted octanol–water partition coefficient (Wildman–Crippen LogP) is 6.83. The molecule has 31 heavy (non-hydrogen) atoms. The Labute approximate surface area is 195 Å². The molecule has 0 bridgehead atoms. The lowest BCUT2D eigenvalue weighted by Gasteiger charge is -2.41. The molecule has 0 radical (unpaired) electrons. The minimum Gasteiger partial charge on any atom is -0.519 e. The van der Waals surface area contributed by atoms with E-state index in [4.69, 9.17) is 8.85 Å². The number of nitrogens with one attached hydrogen (secondary N) is 1. The Morgan fingerprint density at radius 3 is 1.45 bits per heavy atom. The van der Waals surface area contributed by atoms with Gasteiger partial charge in [0.1, 0.15) is 8.24 Å². The monoisotopic (exact) mass is 489 g/mol. The van der Waals surface area contributed by atoms with E-state index in [1.54, 1.807) is 0 Å². The van der Waals surface area contributed by atoms with Crippen molar-refractivity contribution >= 4 is 36.8 Å². The van der Waals surface area contributed by atoms with Crippen molar-refractivity contribution in [2.45, 2.75) is 136 Å². The zero-order chi connectivity index (χ0) is 25.3. The molecule has 0 aromatic rings. The van der Waals surface area contributed by atoms with Crippen molar-refractivity contribution < 1.29 is 18.4 Å². The number of carbonyl (C=O) groups excluding carboxylic acids is 2. The fraction of sp³-hybridized carbons (Fsp3) is 0.913. The first-order chi connectivity index (χ1) is 13.3. The van der Waals surface area contributed by atoms with Crippen LogP contribution in [0, 0.1) is 0 Å². The third-order valence-electron chi connectivity index (χ3n) is 7.67. The van der Waals surface area contributed by atoms with Gasteiger partial charge in [-0.2, -0.15) is 0 Å². The van der Waals surface area contributed by atoms with Crippen LogP contribution in [0.2, 0.25) is 54.4 Å². The van der Waals surface area contributed by atoms with Crippen molar-refractivity contribution in [2.24, 2.45) is 0 Å². The molecule has 1 N–H and O–H groups in total. The molecule has 0 aromatic carbocycles. The Hall–Kier alpha value is -0.449. The summed E-state index contributed by atoms with van der Waals surface area (Å²) in [6, 6.07) is -0.498. The number of rotatable bonds is 8. The van der Waals surface area contributed by atoms with Crippen LogP contribution in [-0.4, -0.2) is 42.9 Å². The van der Waals surface area contributed by atoms with Gasteiger partial charge in [-0.15, -0.1) is 0 Å². The summed E-state index contributed by atoms with van der Waals surface area (Å²) in [6.07, 6.45) is 0.610. The Morgan fingerprint density at radius 2 is 1.10 bits per heavy atom. The first-order valence-electron chi connectivity index (χ1n) is 11.6. The minimum atomic E-state index is -2.25. The quantitative estimate of drug-likeness (QED) is 0.379. The second-order valence-corrected chi connectivity index (χ2v) is 28.0. The minimum absolute atomic E-state index is 0.0390. The number of hydrogen-bond acceptors (Lipinski definition) is 5. The first-order valence-corrected chi connectivity index (χ1v) is 20.4. The van der Waals surface area contributed by atoms with E-state index in [1.807, 2.05) is 0 Å². The van der Waals surface area contributed by atoms with E-state index >= 15 is 0 Å². The van der Waals surface area contributed by atoms with Gasteiger partial charge in [0.2, 0.25) is 0 Å². The first kappa shape index (κ1) is 30.6. The van der Waals surface area contributed by atoms with Crippen molar-refractivity contribution in [1.29, 1.82) is 0 Å². The van der Waals surface area contributed by atoms with Crippen molar-refractivity contribution in [1.82, 2.24) is 4.98 Å². The largest absolute Gasteiger partial charge is 0.519 e. The van der Waals surface area contributed by atoms with Crippen LogP contribution in [0.25, 0.3) is 0 Å². The molecule has 0 fully saturated rings. The number of hydrogen-bond donors (Lipinski definition) is 1. The van der Waals surface area contributed by atoms with Crippen LogP contribution in [0.1, 0.15) is 75.2 Å². The summed E-state index contributed by atoms with van der Waals surface area (Å²) in [5.41, 5.74) is 0. The zero-order valence-corrected chi connectivity index (χ0v) is 26.1. The van der Waals surface area contributed by atoms with Crippen LogP contribution < -0.4 is 4.98 Å². The van der Waals surface area contributed by atoms with Crippen molar-refractivity contribution in [2.75, 3.05) is 0 Å². The lowest BCUT2D eigenvalue weighted by atomic mass is 10.2. The molecule has 0 heterocycles. The molecule has 0 amide bonds. The third kappa shape index (κ3) is 8.78. The maximum absolute atomic E-state index is 13.3.